The van der Waals surface area contributed by atoms with E-state index in [1.165, 1.54) is 38.5 Å². The molecule has 1 atom stereocenters. The van der Waals surface area contributed by atoms with Crippen LogP contribution in [0.5, 0.6) is 0 Å². The van der Waals surface area contributed by atoms with Crippen LogP contribution in [0.1, 0.15) is 52.4 Å². The van der Waals surface area contributed by atoms with E-state index in [2.05, 4.69) is 13.8 Å². The molecule has 1 unspecified atom stereocenters. The Balaban J connectivity index is 1.81. The van der Waals surface area contributed by atoms with Gasteiger partial charge >= 0.3 is 0 Å². The van der Waals surface area contributed by atoms with E-state index in [1.807, 2.05) is 0 Å². The van der Waals surface area contributed by atoms with Gasteiger partial charge in [0.2, 0.25) is 0 Å². The number of hydrogen-bond donors (Lipinski definition) is 0. The minimum absolute atomic E-state index is 0.298. The summed E-state index contributed by atoms with van der Waals surface area (Å²) in [4.78, 5) is 0. The van der Waals surface area contributed by atoms with Gasteiger partial charge in [-0.15, -0.1) is 0 Å². The number of rotatable bonds is 6. The van der Waals surface area contributed by atoms with Crippen molar-refractivity contribution in [3.8, 4) is 0 Å². The van der Waals surface area contributed by atoms with Crippen molar-refractivity contribution in [3.05, 3.63) is 0 Å². The van der Waals surface area contributed by atoms with Crippen LogP contribution in [0, 0.1) is 0 Å². The molecule has 1 heteroatoms. The monoisotopic (exact) mass is 156 g/mol. The number of unbranched alkanes of at least 4 members (excludes halogenated alkanes) is 4. The molecule has 1 nitrogen and oxygen atoms in total. The summed E-state index contributed by atoms with van der Waals surface area (Å²) in [6, 6.07) is 0. The van der Waals surface area contributed by atoms with Gasteiger partial charge in [0.05, 0.1) is 12.2 Å². The van der Waals surface area contributed by atoms with E-state index in [0.717, 1.165) is 6.61 Å². The highest BCUT2D eigenvalue weighted by Gasteiger charge is 2.37. The van der Waals surface area contributed by atoms with Crippen LogP contribution in [0.3, 0.4) is 0 Å². The number of ether oxygens (including phenoxy) is 1. The SMILES string of the molecule is CCCCCCCC1(C)CO1. The second-order valence-electron chi connectivity index (χ2n) is 3.90. The van der Waals surface area contributed by atoms with Gasteiger partial charge in [-0.25, -0.2) is 0 Å². The van der Waals surface area contributed by atoms with Gasteiger partial charge in [0, 0.05) is 0 Å². The van der Waals surface area contributed by atoms with Crippen molar-refractivity contribution >= 4 is 0 Å². The van der Waals surface area contributed by atoms with Crippen molar-refractivity contribution in [3.63, 3.8) is 0 Å². The lowest BCUT2D eigenvalue weighted by molar-refractivity contribution is 0.301. The van der Waals surface area contributed by atoms with Crippen LogP contribution in [0.25, 0.3) is 0 Å². The van der Waals surface area contributed by atoms with Crippen molar-refractivity contribution in [2.24, 2.45) is 0 Å². The normalized spacial score (nSPS) is 28.9. The largest absolute Gasteiger partial charge is 0.370 e. The Morgan fingerprint density at radius 2 is 1.82 bits per heavy atom. The fourth-order valence-electron chi connectivity index (χ4n) is 1.37. The van der Waals surface area contributed by atoms with E-state index in [0.29, 0.717) is 5.60 Å². The first-order valence-corrected chi connectivity index (χ1v) is 4.91. The van der Waals surface area contributed by atoms with Crippen LogP contribution in [-0.4, -0.2) is 12.2 Å². The first-order chi connectivity index (χ1) is 5.27. The molecule has 0 spiro atoms. The Morgan fingerprint density at radius 1 is 1.18 bits per heavy atom. The molecule has 0 bridgehead atoms. The topological polar surface area (TPSA) is 12.5 Å². The van der Waals surface area contributed by atoms with Crippen LogP contribution < -0.4 is 0 Å². The zero-order chi connectivity index (χ0) is 8.16. The van der Waals surface area contributed by atoms with E-state index >= 15 is 0 Å². The molecule has 0 saturated carbocycles. The molecular formula is C10H20O. The molecule has 0 aromatic rings. The fraction of sp³-hybridized carbons (Fsp3) is 1.00. The Labute approximate surface area is 70.1 Å². The highest BCUT2D eigenvalue weighted by Crippen LogP contribution is 2.31. The maximum absolute atomic E-state index is 5.30. The molecule has 1 rings (SSSR count). The smallest absolute Gasteiger partial charge is 0.0888 e. The molecule has 1 fully saturated rings. The van der Waals surface area contributed by atoms with Gasteiger partial charge in [0.15, 0.2) is 0 Å². The van der Waals surface area contributed by atoms with Gasteiger partial charge in [0.25, 0.3) is 0 Å². The van der Waals surface area contributed by atoms with Gasteiger partial charge in [-0.3, -0.25) is 0 Å². The van der Waals surface area contributed by atoms with Gasteiger partial charge in [-0.1, -0.05) is 39.0 Å². The second-order valence-corrected chi connectivity index (χ2v) is 3.90. The van der Waals surface area contributed by atoms with Crippen molar-refractivity contribution in [1.82, 2.24) is 0 Å². The predicted molar refractivity (Wildman–Crippen MR) is 47.7 cm³/mol. The van der Waals surface area contributed by atoms with Crippen LogP contribution in [-0.2, 0) is 4.74 Å². The van der Waals surface area contributed by atoms with Crippen LogP contribution >= 0.6 is 0 Å². The third kappa shape index (κ3) is 3.76. The summed E-state index contributed by atoms with van der Waals surface area (Å²) in [5.41, 5.74) is 0.298. The molecule has 0 aromatic carbocycles. The van der Waals surface area contributed by atoms with Crippen molar-refractivity contribution in [2.45, 2.75) is 58.0 Å². The Kier molecular flexibility index (Phi) is 3.38. The zero-order valence-corrected chi connectivity index (χ0v) is 7.86. The lowest BCUT2D eigenvalue weighted by Gasteiger charge is -2.03. The molecule has 0 N–H and O–H groups in total. The molecule has 66 valence electrons. The Hall–Kier alpha value is -0.0400. The molecule has 1 aliphatic rings. The summed E-state index contributed by atoms with van der Waals surface area (Å²) in [5.74, 6) is 0. The minimum Gasteiger partial charge on any atom is -0.370 e. The molecule has 0 aromatic heterocycles. The number of epoxide rings is 1. The average molecular weight is 156 g/mol. The number of hydrogen-bond acceptors (Lipinski definition) is 1. The quantitative estimate of drug-likeness (QED) is 0.425. The maximum atomic E-state index is 5.30. The summed E-state index contributed by atoms with van der Waals surface area (Å²) in [6.07, 6.45) is 8.18. The first kappa shape index (κ1) is 9.05. The molecule has 1 aliphatic heterocycles. The summed E-state index contributed by atoms with van der Waals surface area (Å²) in [6.45, 7) is 5.47. The molecule has 0 aliphatic carbocycles. The zero-order valence-electron chi connectivity index (χ0n) is 7.86. The summed E-state index contributed by atoms with van der Waals surface area (Å²) >= 11 is 0. The summed E-state index contributed by atoms with van der Waals surface area (Å²) in [7, 11) is 0. The van der Waals surface area contributed by atoms with Gasteiger partial charge in [-0.05, 0) is 13.3 Å². The molecule has 0 radical (unpaired) electrons. The lowest BCUT2D eigenvalue weighted by atomic mass is 10.0. The summed E-state index contributed by atoms with van der Waals surface area (Å²) in [5, 5.41) is 0. The highest BCUT2D eigenvalue weighted by molar-refractivity contribution is 4.86. The molecule has 1 heterocycles. The van der Waals surface area contributed by atoms with Crippen molar-refractivity contribution in [2.75, 3.05) is 6.61 Å². The summed E-state index contributed by atoms with van der Waals surface area (Å²) < 4.78 is 5.30. The van der Waals surface area contributed by atoms with Gasteiger partial charge in [-0.2, -0.15) is 0 Å². The second kappa shape index (κ2) is 4.10. The van der Waals surface area contributed by atoms with E-state index in [-0.39, 0.29) is 0 Å². The minimum atomic E-state index is 0.298. The van der Waals surface area contributed by atoms with E-state index < -0.39 is 0 Å². The third-order valence-electron chi connectivity index (χ3n) is 2.45. The van der Waals surface area contributed by atoms with Crippen molar-refractivity contribution in [1.29, 1.82) is 0 Å². The van der Waals surface area contributed by atoms with Gasteiger partial charge < -0.3 is 4.74 Å². The average Bonchev–Trinajstić information content (AvgIpc) is 2.69. The van der Waals surface area contributed by atoms with E-state index in [4.69, 9.17) is 4.74 Å². The molecular weight excluding hydrogens is 136 g/mol. The molecule has 11 heavy (non-hydrogen) atoms. The molecule has 0 amide bonds. The van der Waals surface area contributed by atoms with Crippen molar-refractivity contribution < 1.29 is 4.74 Å². The standard InChI is InChI=1S/C10H20O/c1-3-4-5-6-7-8-10(2)9-11-10/h3-9H2,1-2H3. The Bertz CT molecular complexity index is 105. The van der Waals surface area contributed by atoms with Crippen LogP contribution in [0.15, 0.2) is 0 Å². The predicted octanol–water partition coefficient (Wildman–Crippen LogP) is 3.14. The van der Waals surface area contributed by atoms with Crippen LogP contribution in [0.4, 0.5) is 0 Å². The lowest BCUT2D eigenvalue weighted by Crippen LogP contribution is -2.02. The van der Waals surface area contributed by atoms with E-state index in [1.54, 1.807) is 0 Å². The van der Waals surface area contributed by atoms with Crippen LogP contribution in [0.2, 0.25) is 0 Å². The maximum Gasteiger partial charge on any atom is 0.0888 e. The first-order valence-electron chi connectivity index (χ1n) is 4.91. The third-order valence-corrected chi connectivity index (χ3v) is 2.45. The van der Waals surface area contributed by atoms with E-state index in [9.17, 15) is 0 Å². The molecule has 1 saturated heterocycles. The highest BCUT2D eigenvalue weighted by atomic mass is 16.6. The fourth-order valence-corrected chi connectivity index (χ4v) is 1.37. The van der Waals surface area contributed by atoms with Gasteiger partial charge in [0.1, 0.15) is 0 Å². The Morgan fingerprint density at radius 3 is 2.36 bits per heavy atom.